The zero-order valence-corrected chi connectivity index (χ0v) is 16.4. The number of nitrogens with one attached hydrogen (secondary N) is 1. The first-order valence-electron chi connectivity index (χ1n) is 8.91. The quantitative estimate of drug-likeness (QED) is 0.370. The van der Waals surface area contributed by atoms with Gasteiger partial charge in [-0.1, -0.05) is 6.08 Å². The Morgan fingerprint density at radius 2 is 1.77 bits per heavy atom. The number of amides is 1. The lowest BCUT2D eigenvalue weighted by atomic mass is 10.1. The molecule has 0 aliphatic heterocycles. The van der Waals surface area contributed by atoms with Gasteiger partial charge in [-0.15, -0.1) is 6.58 Å². The molecule has 0 fully saturated rings. The van der Waals surface area contributed by atoms with Gasteiger partial charge in [0.2, 0.25) is 0 Å². The van der Waals surface area contributed by atoms with Gasteiger partial charge in [0, 0.05) is 25.5 Å². The second kappa shape index (κ2) is 10.8. The highest BCUT2D eigenvalue weighted by molar-refractivity contribution is 6.01. The molecule has 0 spiro atoms. The Morgan fingerprint density at radius 3 is 2.27 bits per heavy atom. The van der Waals surface area contributed by atoms with Crippen molar-refractivity contribution in [2.45, 2.75) is 47.5 Å². The van der Waals surface area contributed by atoms with Crippen molar-refractivity contribution in [3.63, 3.8) is 0 Å². The molecule has 7 nitrogen and oxygen atoms in total. The molecule has 146 valence electrons. The van der Waals surface area contributed by atoms with E-state index in [9.17, 15) is 9.59 Å². The van der Waals surface area contributed by atoms with Crippen LogP contribution >= 0.6 is 0 Å². The third-order valence-corrected chi connectivity index (χ3v) is 3.91. The lowest BCUT2D eigenvalue weighted by Crippen LogP contribution is -2.35. The van der Waals surface area contributed by atoms with Gasteiger partial charge in [-0.2, -0.15) is 0 Å². The van der Waals surface area contributed by atoms with Crippen LogP contribution in [-0.2, 0) is 20.8 Å². The summed E-state index contributed by atoms with van der Waals surface area (Å²) in [4.78, 5) is 25.1. The first kappa shape index (κ1) is 21.9. The van der Waals surface area contributed by atoms with Gasteiger partial charge in [-0.05, 0) is 40.2 Å². The van der Waals surface area contributed by atoms with E-state index in [1.807, 2.05) is 13.8 Å². The monoisotopic (exact) mass is 366 g/mol. The van der Waals surface area contributed by atoms with Crippen molar-refractivity contribution >= 4 is 11.9 Å². The molecule has 0 unspecified atom stereocenters. The molecule has 1 aromatic rings. The average molecular weight is 366 g/mol. The lowest BCUT2D eigenvalue weighted by molar-refractivity contribution is -0.131. The SMILES string of the molecule is C=CCn1c(C)c(C(=O)NCC(OCC)OCC)c(C)c1C(=O)OCC. The molecule has 1 amide bonds. The van der Waals surface area contributed by atoms with Crippen molar-refractivity contribution in [3.8, 4) is 0 Å². The van der Waals surface area contributed by atoms with Crippen LogP contribution in [0, 0.1) is 13.8 Å². The van der Waals surface area contributed by atoms with E-state index in [1.165, 1.54) is 0 Å². The number of nitrogens with zero attached hydrogens (tertiary/aromatic N) is 1. The van der Waals surface area contributed by atoms with Gasteiger partial charge in [-0.25, -0.2) is 4.79 Å². The van der Waals surface area contributed by atoms with Crippen molar-refractivity contribution in [2.75, 3.05) is 26.4 Å². The average Bonchev–Trinajstić information content (AvgIpc) is 2.84. The van der Waals surface area contributed by atoms with Crippen molar-refractivity contribution in [1.82, 2.24) is 9.88 Å². The van der Waals surface area contributed by atoms with E-state index in [0.29, 0.717) is 42.3 Å². The highest BCUT2D eigenvalue weighted by Crippen LogP contribution is 2.23. The molecule has 1 N–H and O–H groups in total. The predicted octanol–water partition coefficient (Wildman–Crippen LogP) is 2.60. The fourth-order valence-corrected chi connectivity index (χ4v) is 2.85. The molecule has 0 radical (unpaired) electrons. The molecule has 0 aromatic carbocycles. The van der Waals surface area contributed by atoms with Crippen molar-refractivity contribution in [3.05, 3.63) is 35.2 Å². The molecule has 0 aliphatic rings. The van der Waals surface area contributed by atoms with Crippen LogP contribution in [-0.4, -0.2) is 49.1 Å². The van der Waals surface area contributed by atoms with Crippen LogP contribution in [0.1, 0.15) is 52.9 Å². The number of rotatable bonds is 11. The first-order chi connectivity index (χ1) is 12.4. The summed E-state index contributed by atoms with van der Waals surface area (Å²) in [7, 11) is 0. The fourth-order valence-electron chi connectivity index (χ4n) is 2.85. The van der Waals surface area contributed by atoms with Gasteiger partial charge in [0.1, 0.15) is 5.69 Å². The molecule has 7 heteroatoms. The van der Waals surface area contributed by atoms with Crippen LogP contribution in [0.15, 0.2) is 12.7 Å². The molecule has 1 heterocycles. The molecule has 26 heavy (non-hydrogen) atoms. The Balaban J connectivity index is 3.11. The van der Waals surface area contributed by atoms with Crippen LogP contribution in [0.25, 0.3) is 0 Å². The number of aromatic nitrogens is 1. The third kappa shape index (κ3) is 5.19. The van der Waals surface area contributed by atoms with Crippen molar-refractivity contribution in [2.24, 2.45) is 0 Å². The number of carbonyl (C=O) groups is 2. The molecule has 1 aromatic heterocycles. The zero-order valence-electron chi connectivity index (χ0n) is 16.4. The van der Waals surface area contributed by atoms with Crippen LogP contribution in [0.3, 0.4) is 0 Å². The van der Waals surface area contributed by atoms with Gasteiger partial charge in [0.25, 0.3) is 5.91 Å². The van der Waals surface area contributed by atoms with Crippen molar-refractivity contribution in [1.29, 1.82) is 0 Å². The zero-order chi connectivity index (χ0) is 19.7. The third-order valence-electron chi connectivity index (χ3n) is 3.91. The molecule has 0 saturated carbocycles. The molecule has 0 saturated heterocycles. The summed E-state index contributed by atoms with van der Waals surface area (Å²) in [5.74, 6) is -0.728. The number of esters is 1. The molecule has 1 rings (SSSR count). The summed E-state index contributed by atoms with van der Waals surface area (Å²) < 4.78 is 17.8. The van der Waals surface area contributed by atoms with E-state index in [-0.39, 0.29) is 19.1 Å². The van der Waals surface area contributed by atoms with Crippen LogP contribution in [0.5, 0.6) is 0 Å². The van der Waals surface area contributed by atoms with Crippen LogP contribution < -0.4 is 5.32 Å². The van der Waals surface area contributed by atoms with Crippen molar-refractivity contribution < 1.29 is 23.8 Å². The highest BCUT2D eigenvalue weighted by Gasteiger charge is 2.27. The number of hydrogen-bond donors (Lipinski definition) is 1. The van der Waals surface area contributed by atoms with Crippen LogP contribution in [0.4, 0.5) is 0 Å². The van der Waals surface area contributed by atoms with E-state index in [0.717, 1.165) is 0 Å². The normalized spacial score (nSPS) is 10.8. The minimum absolute atomic E-state index is 0.223. The van der Waals surface area contributed by atoms with Gasteiger partial charge < -0.3 is 24.1 Å². The number of carbonyl (C=O) groups excluding carboxylic acids is 2. The lowest BCUT2D eigenvalue weighted by Gasteiger charge is -2.17. The van der Waals surface area contributed by atoms with Gasteiger partial charge in [0.05, 0.1) is 18.7 Å². The Hall–Kier alpha value is -2.12. The number of hydrogen-bond acceptors (Lipinski definition) is 5. The predicted molar refractivity (Wildman–Crippen MR) is 99.4 cm³/mol. The van der Waals surface area contributed by atoms with Gasteiger partial charge in [0.15, 0.2) is 6.29 Å². The topological polar surface area (TPSA) is 78.8 Å². The maximum Gasteiger partial charge on any atom is 0.355 e. The maximum atomic E-state index is 12.7. The summed E-state index contributed by atoms with van der Waals surface area (Å²) >= 11 is 0. The van der Waals surface area contributed by atoms with E-state index in [1.54, 1.807) is 31.4 Å². The van der Waals surface area contributed by atoms with E-state index in [4.69, 9.17) is 14.2 Å². The van der Waals surface area contributed by atoms with Gasteiger partial charge in [-0.3, -0.25) is 4.79 Å². The second-order valence-corrected chi connectivity index (χ2v) is 5.60. The van der Waals surface area contributed by atoms with E-state index < -0.39 is 12.3 Å². The molecule has 0 aliphatic carbocycles. The molecule has 0 bridgehead atoms. The fraction of sp³-hybridized carbons (Fsp3) is 0.579. The first-order valence-corrected chi connectivity index (χ1v) is 8.91. The smallest absolute Gasteiger partial charge is 0.355 e. The summed E-state index contributed by atoms with van der Waals surface area (Å²) in [6.45, 7) is 14.6. The van der Waals surface area contributed by atoms with E-state index >= 15 is 0 Å². The molecular weight excluding hydrogens is 336 g/mol. The molecule has 0 atom stereocenters. The summed E-state index contributed by atoms with van der Waals surface area (Å²) in [6.07, 6.45) is 1.17. The standard InChI is InChI=1S/C19H30N2O5/c1-7-11-21-14(6)16(13(5)17(21)19(23)26-10-4)18(22)20-12-15(24-8-2)25-9-3/h7,15H,1,8-12H2,2-6H3,(H,20,22). The summed E-state index contributed by atoms with van der Waals surface area (Å²) in [5.41, 5.74) is 2.11. The Bertz CT molecular complexity index is 630. The number of allylic oxidation sites excluding steroid dienone is 1. The largest absolute Gasteiger partial charge is 0.461 e. The minimum atomic E-state index is -0.505. The Kier molecular flexibility index (Phi) is 9.09. The minimum Gasteiger partial charge on any atom is -0.461 e. The summed E-state index contributed by atoms with van der Waals surface area (Å²) in [6, 6.07) is 0. The Labute approximate surface area is 155 Å². The van der Waals surface area contributed by atoms with Gasteiger partial charge >= 0.3 is 5.97 Å². The highest BCUT2D eigenvalue weighted by atomic mass is 16.7. The molecular formula is C19H30N2O5. The Morgan fingerprint density at radius 1 is 1.15 bits per heavy atom. The number of ether oxygens (including phenoxy) is 3. The maximum absolute atomic E-state index is 12.7. The summed E-state index contributed by atoms with van der Waals surface area (Å²) in [5, 5.41) is 2.82. The van der Waals surface area contributed by atoms with E-state index in [2.05, 4.69) is 11.9 Å². The van der Waals surface area contributed by atoms with Crippen LogP contribution in [0.2, 0.25) is 0 Å². The second-order valence-electron chi connectivity index (χ2n) is 5.60.